The fourth-order valence-electron chi connectivity index (χ4n) is 1.63. The molecule has 0 radical (unpaired) electrons. The Morgan fingerprint density at radius 1 is 0.842 bits per heavy atom. The van der Waals surface area contributed by atoms with Gasteiger partial charge in [0.05, 0.1) is 5.56 Å². The van der Waals surface area contributed by atoms with E-state index in [9.17, 15) is 26.3 Å². The lowest BCUT2D eigenvalue weighted by Gasteiger charge is -2.13. The summed E-state index contributed by atoms with van der Waals surface area (Å²) in [4.78, 5) is 0. The van der Waals surface area contributed by atoms with Gasteiger partial charge in [0.15, 0.2) is 0 Å². The first-order chi connectivity index (χ1) is 8.67. The van der Waals surface area contributed by atoms with Crippen molar-refractivity contribution in [3.8, 4) is 5.75 Å². The molecule has 0 N–H and O–H groups in total. The Morgan fingerprint density at radius 2 is 1.53 bits per heavy atom. The maximum atomic E-state index is 12.5. The van der Waals surface area contributed by atoms with Crippen molar-refractivity contribution in [1.29, 1.82) is 0 Å². The van der Waals surface area contributed by atoms with Gasteiger partial charge in [0.25, 0.3) is 0 Å². The monoisotopic (exact) mass is 280 g/mol. The van der Waals surface area contributed by atoms with Crippen LogP contribution in [-0.2, 0) is 6.18 Å². The molecule has 0 heterocycles. The second-order valence-corrected chi connectivity index (χ2v) is 3.74. The Labute approximate surface area is 103 Å². The molecule has 0 aliphatic heterocycles. The molecule has 2 aromatic rings. The SMILES string of the molecule is FC(F)(F)Oc1cccc2ccc(C(F)(F)F)cc12. The molecule has 0 amide bonds. The van der Waals surface area contributed by atoms with Crippen LogP contribution in [0.2, 0.25) is 0 Å². The van der Waals surface area contributed by atoms with Gasteiger partial charge >= 0.3 is 12.5 Å². The van der Waals surface area contributed by atoms with Crippen molar-refractivity contribution in [2.75, 3.05) is 0 Å². The standard InChI is InChI=1S/C12H6F6O/c13-11(14,15)8-5-4-7-2-1-3-10(9(7)6-8)19-12(16,17)18/h1-6H. The van der Waals surface area contributed by atoms with Crippen LogP contribution in [0, 0.1) is 0 Å². The second-order valence-electron chi connectivity index (χ2n) is 3.74. The number of fused-ring (bicyclic) bond motifs is 1. The van der Waals surface area contributed by atoms with Crippen LogP contribution in [0.5, 0.6) is 5.75 Å². The number of halogens is 6. The Bertz CT molecular complexity index is 599. The highest BCUT2D eigenvalue weighted by Gasteiger charge is 2.33. The Kier molecular flexibility index (Phi) is 3.07. The van der Waals surface area contributed by atoms with E-state index in [1.54, 1.807) is 0 Å². The Morgan fingerprint density at radius 3 is 2.11 bits per heavy atom. The van der Waals surface area contributed by atoms with E-state index in [0.29, 0.717) is 6.07 Å². The van der Waals surface area contributed by atoms with E-state index in [1.165, 1.54) is 12.1 Å². The molecular weight excluding hydrogens is 274 g/mol. The summed E-state index contributed by atoms with van der Waals surface area (Å²) in [5, 5.41) is -0.00981. The molecule has 2 rings (SSSR count). The van der Waals surface area contributed by atoms with Crippen LogP contribution in [0.3, 0.4) is 0 Å². The summed E-state index contributed by atoms with van der Waals surface area (Å²) in [7, 11) is 0. The molecule has 0 saturated carbocycles. The van der Waals surface area contributed by atoms with E-state index in [2.05, 4.69) is 4.74 Å². The number of hydrogen-bond donors (Lipinski definition) is 0. The summed E-state index contributed by atoms with van der Waals surface area (Å²) in [6.07, 6.45) is -9.58. The quantitative estimate of drug-likeness (QED) is 0.684. The third-order valence-corrected chi connectivity index (χ3v) is 2.40. The van der Waals surface area contributed by atoms with Gasteiger partial charge in [0.2, 0.25) is 0 Å². The summed E-state index contributed by atoms with van der Waals surface area (Å²) in [5.41, 5.74) is -1.03. The molecule has 0 aromatic heterocycles. The first kappa shape index (κ1) is 13.5. The normalized spacial score (nSPS) is 12.7. The zero-order valence-corrected chi connectivity index (χ0v) is 9.14. The van der Waals surface area contributed by atoms with Crippen molar-refractivity contribution in [3.05, 3.63) is 42.0 Å². The highest BCUT2D eigenvalue weighted by atomic mass is 19.4. The van der Waals surface area contributed by atoms with Crippen LogP contribution in [0.15, 0.2) is 36.4 Å². The van der Waals surface area contributed by atoms with Crippen molar-refractivity contribution in [3.63, 3.8) is 0 Å². The van der Waals surface area contributed by atoms with E-state index in [0.717, 1.165) is 18.2 Å². The van der Waals surface area contributed by atoms with Crippen LogP contribution in [-0.4, -0.2) is 6.36 Å². The minimum atomic E-state index is -4.96. The van der Waals surface area contributed by atoms with Crippen LogP contribution in [0.25, 0.3) is 10.8 Å². The van der Waals surface area contributed by atoms with E-state index in [4.69, 9.17) is 0 Å². The lowest BCUT2D eigenvalue weighted by Crippen LogP contribution is -2.17. The molecule has 1 nitrogen and oxygen atoms in total. The molecule has 102 valence electrons. The minimum Gasteiger partial charge on any atom is -0.405 e. The molecule has 0 aliphatic carbocycles. The number of alkyl halides is 6. The van der Waals surface area contributed by atoms with Crippen molar-refractivity contribution >= 4 is 10.8 Å². The van der Waals surface area contributed by atoms with Gasteiger partial charge in [-0.25, -0.2) is 0 Å². The molecule has 19 heavy (non-hydrogen) atoms. The van der Waals surface area contributed by atoms with Gasteiger partial charge in [-0.15, -0.1) is 13.2 Å². The lowest BCUT2D eigenvalue weighted by atomic mass is 10.1. The van der Waals surface area contributed by atoms with Crippen molar-refractivity contribution in [1.82, 2.24) is 0 Å². The van der Waals surface area contributed by atoms with E-state index in [1.807, 2.05) is 0 Å². The molecule has 2 aromatic carbocycles. The second kappa shape index (κ2) is 4.32. The van der Waals surface area contributed by atoms with E-state index in [-0.39, 0.29) is 10.8 Å². The van der Waals surface area contributed by atoms with Gasteiger partial charge in [-0.3, -0.25) is 0 Å². The highest BCUT2D eigenvalue weighted by molar-refractivity contribution is 5.89. The molecule has 0 bridgehead atoms. The van der Waals surface area contributed by atoms with Gasteiger partial charge in [-0.1, -0.05) is 18.2 Å². The van der Waals surface area contributed by atoms with Gasteiger partial charge in [0.1, 0.15) is 5.75 Å². The zero-order chi connectivity index (χ0) is 14.3. The van der Waals surface area contributed by atoms with Crippen LogP contribution in [0.1, 0.15) is 5.56 Å². The van der Waals surface area contributed by atoms with Gasteiger partial charge in [-0.2, -0.15) is 13.2 Å². The molecule has 0 fully saturated rings. The summed E-state index contributed by atoms with van der Waals surface area (Å²) >= 11 is 0. The number of rotatable bonds is 1. The Balaban J connectivity index is 2.59. The smallest absolute Gasteiger partial charge is 0.405 e. The van der Waals surface area contributed by atoms with E-state index >= 15 is 0 Å². The third kappa shape index (κ3) is 3.10. The fourth-order valence-corrected chi connectivity index (χ4v) is 1.63. The first-order valence-electron chi connectivity index (χ1n) is 5.02. The number of benzene rings is 2. The topological polar surface area (TPSA) is 9.23 Å². The summed E-state index contributed by atoms with van der Waals surface area (Å²) in [6.45, 7) is 0. The van der Waals surface area contributed by atoms with E-state index < -0.39 is 23.9 Å². The fraction of sp³-hybridized carbons (Fsp3) is 0.167. The van der Waals surface area contributed by atoms with Gasteiger partial charge in [0, 0.05) is 5.39 Å². The predicted molar refractivity (Wildman–Crippen MR) is 55.6 cm³/mol. The maximum Gasteiger partial charge on any atom is 0.573 e. The number of hydrogen-bond acceptors (Lipinski definition) is 1. The average Bonchev–Trinajstić information content (AvgIpc) is 2.25. The van der Waals surface area contributed by atoms with Crippen molar-refractivity contribution in [2.45, 2.75) is 12.5 Å². The van der Waals surface area contributed by atoms with Crippen LogP contribution in [0.4, 0.5) is 26.3 Å². The Hall–Kier alpha value is -1.92. The van der Waals surface area contributed by atoms with Crippen LogP contribution < -0.4 is 4.74 Å². The van der Waals surface area contributed by atoms with Crippen molar-refractivity contribution < 1.29 is 31.1 Å². The van der Waals surface area contributed by atoms with Gasteiger partial charge < -0.3 is 4.74 Å². The van der Waals surface area contributed by atoms with Crippen LogP contribution >= 0.6 is 0 Å². The molecule has 0 unspecified atom stereocenters. The predicted octanol–water partition coefficient (Wildman–Crippen LogP) is 4.76. The average molecular weight is 280 g/mol. The zero-order valence-electron chi connectivity index (χ0n) is 9.14. The minimum absolute atomic E-state index is 0.231. The number of ether oxygens (including phenoxy) is 1. The van der Waals surface area contributed by atoms with Crippen molar-refractivity contribution in [2.24, 2.45) is 0 Å². The van der Waals surface area contributed by atoms with Gasteiger partial charge in [-0.05, 0) is 23.6 Å². The molecule has 0 atom stereocenters. The molecule has 0 aliphatic rings. The molecule has 0 saturated heterocycles. The molecule has 7 heteroatoms. The largest absolute Gasteiger partial charge is 0.573 e. The lowest BCUT2D eigenvalue weighted by molar-refractivity contribution is -0.274. The first-order valence-corrected chi connectivity index (χ1v) is 5.02. The third-order valence-electron chi connectivity index (χ3n) is 2.40. The maximum absolute atomic E-state index is 12.5. The highest BCUT2D eigenvalue weighted by Crippen LogP contribution is 2.36. The molecular formula is C12H6F6O. The molecule has 0 spiro atoms. The summed E-state index contributed by atoms with van der Waals surface area (Å²) < 4.78 is 77.8. The summed E-state index contributed by atoms with van der Waals surface area (Å²) in [6, 6.07) is 6.18. The summed E-state index contributed by atoms with van der Waals surface area (Å²) in [5.74, 6) is -0.656.